The molecule has 0 aliphatic carbocycles. The second kappa shape index (κ2) is 12.8. The quantitative estimate of drug-likeness (QED) is 0.233. The van der Waals surface area contributed by atoms with Gasteiger partial charge in [-0.3, -0.25) is 9.36 Å². The fraction of sp³-hybridized carbons (Fsp3) is 0.308. The SMILES string of the molecule is CCOC(=O)c1cc(-c2ccccc2)sc1NC(=O)CCc1cccc(P(=O)(OCC)OCC)c1. The first-order chi connectivity index (χ1) is 16.9. The highest BCUT2D eigenvalue weighted by atomic mass is 32.1. The van der Waals surface area contributed by atoms with Crippen molar-refractivity contribution in [1.82, 2.24) is 0 Å². The molecule has 2 aromatic carbocycles. The van der Waals surface area contributed by atoms with Gasteiger partial charge in [0.25, 0.3) is 0 Å². The largest absolute Gasteiger partial charge is 0.462 e. The third-order valence-electron chi connectivity index (χ3n) is 5.00. The number of nitrogens with one attached hydrogen (secondary N) is 1. The van der Waals surface area contributed by atoms with E-state index < -0.39 is 13.6 Å². The van der Waals surface area contributed by atoms with Crippen molar-refractivity contribution in [3.8, 4) is 10.4 Å². The Morgan fingerprint density at radius 1 is 0.914 bits per heavy atom. The summed E-state index contributed by atoms with van der Waals surface area (Å²) in [6.45, 7) is 6.03. The van der Waals surface area contributed by atoms with Crippen LogP contribution >= 0.6 is 18.9 Å². The number of carbonyl (C=O) groups is 2. The molecule has 0 saturated carbocycles. The molecule has 0 fully saturated rings. The van der Waals surface area contributed by atoms with Gasteiger partial charge in [0, 0.05) is 11.3 Å². The molecular weight excluding hydrogens is 485 g/mol. The second-order valence-electron chi connectivity index (χ2n) is 7.49. The molecule has 1 heterocycles. The van der Waals surface area contributed by atoms with E-state index >= 15 is 0 Å². The first-order valence-corrected chi connectivity index (χ1v) is 13.9. The molecule has 3 aromatic rings. The number of thiophene rings is 1. The molecule has 0 radical (unpaired) electrons. The van der Waals surface area contributed by atoms with E-state index in [-0.39, 0.29) is 32.1 Å². The van der Waals surface area contributed by atoms with Crippen LogP contribution in [0.25, 0.3) is 10.4 Å². The predicted molar refractivity (Wildman–Crippen MR) is 140 cm³/mol. The minimum absolute atomic E-state index is 0.178. The van der Waals surface area contributed by atoms with Crippen molar-refractivity contribution >= 4 is 41.1 Å². The van der Waals surface area contributed by atoms with E-state index in [0.717, 1.165) is 16.0 Å². The van der Waals surface area contributed by atoms with E-state index in [1.54, 1.807) is 45.0 Å². The lowest BCUT2D eigenvalue weighted by Crippen LogP contribution is -2.15. The second-order valence-corrected chi connectivity index (χ2v) is 10.6. The number of carbonyl (C=O) groups excluding carboxylic acids is 2. The summed E-state index contributed by atoms with van der Waals surface area (Å²) in [6.07, 6.45) is 0.599. The molecule has 0 aliphatic heterocycles. The third-order valence-corrected chi connectivity index (χ3v) is 8.21. The van der Waals surface area contributed by atoms with Crippen molar-refractivity contribution in [2.45, 2.75) is 33.6 Å². The van der Waals surface area contributed by atoms with Crippen LogP contribution in [0.5, 0.6) is 0 Å². The zero-order chi connectivity index (χ0) is 25.3. The van der Waals surface area contributed by atoms with Gasteiger partial charge in [-0.2, -0.15) is 0 Å². The highest BCUT2D eigenvalue weighted by Gasteiger charge is 2.27. The van der Waals surface area contributed by atoms with Crippen LogP contribution in [0.3, 0.4) is 0 Å². The molecule has 1 N–H and O–H groups in total. The Labute approximate surface area is 210 Å². The van der Waals surface area contributed by atoms with Crippen LogP contribution in [0.2, 0.25) is 0 Å². The smallest absolute Gasteiger partial charge is 0.361 e. The maximum absolute atomic E-state index is 13.1. The van der Waals surface area contributed by atoms with Gasteiger partial charge in [0.1, 0.15) is 5.00 Å². The number of hydrogen-bond donors (Lipinski definition) is 1. The van der Waals surface area contributed by atoms with Gasteiger partial charge in [-0.1, -0.05) is 42.5 Å². The van der Waals surface area contributed by atoms with Gasteiger partial charge in [-0.05, 0) is 56.5 Å². The molecule has 186 valence electrons. The third kappa shape index (κ3) is 7.12. The van der Waals surface area contributed by atoms with Gasteiger partial charge in [-0.25, -0.2) is 4.79 Å². The fourth-order valence-corrected chi connectivity index (χ4v) is 6.16. The number of benzene rings is 2. The van der Waals surface area contributed by atoms with Crippen molar-refractivity contribution < 1.29 is 27.9 Å². The molecule has 0 atom stereocenters. The average molecular weight is 516 g/mol. The Hall–Kier alpha value is -2.77. The molecule has 9 heteroatoms. The van der Waals surface area contributed by atoms with Crippen molar-refractivity contribution in [3.63, 3.8) is 0 Å². The standard InChI is InChI=1S/C26H30NO6PS/c1-4-31-26(29)22-18-23(20-12-8-7-9-13-20)35-25(22)27-24(28)16-15-19-11-10-14-21(17-19)34(30,32-5-2)33-6-3/h7-14,17-18H,4-6,15-16H2,1-3H3,(H,27,28). The molecular formula is C26H30NO6PS. The van der Waals surface area contributed by atoms with Crippen LogP contribution < -0.4 is 10.6 Å². The molecule has 35 heavy (non-hydrogen) atoms. The van der Waals surface area contributed by atoms with E-state index in [4.69, 9.17) is 13.8 Å². The maximum atomic E-state index is 13.1. The van der Waals surface area contributed by atoms with Gasteiger partial charge >= 0.3 is 13.6 Å². The minimum Gasteiger partial charge on any atom is -0.462 e. The van der Waals surface area contributed by atoms with E-state index in [1.807, 2.05) is 36.4 Å². The Bertz CT molecular complexity index is 1180. The minimum atomic E-state index is -3.40. The molecule has 1 aromatic heterocycles. The normalized spacial score (nSPS) is 11.3. The maximum Gasteiger partial charge on any atom is 0.361 e. The summed E-state index contributed by atoms with van der Waals surface area (Å²) in [6, 6.07) is 18.5. The summed E-state index contributed by atoms with van der Waals surface area (Å²) in [5.74, 6) is -0.711. The number of rotatable bonds is 12. The zero-order valence-electron chi connectivity index (χ0n) is 20.1. The number of hydrogen-bond acceptors (Lipinski definition) is 7. The summed E-state index contributed by atoms with van der Waals surface area (Å²) in [4.78, 5) is 26.1. The molecule has 0 unspecified atom stereocenters. The highest BCUT2D eigenvalue weighted by Crippen LogP contribution is 2.46. The van der Waals surface area contributed by atoms with Gasteiger partial charge in [0.2, 0.25) is 5.91 Å². The van der Waals surface area contributed by atoms with Crippen LogP contribution in [-0.2, 0) is 29.6 Å². The molecule has 1 amide bonds. The number of esters is 1. The lowest BCUT2D eigenvalue weighted by Gasteiger charge is -2.17. The van der Waals surface area contributed by atoms with Crippen molar-refractivity contribution in [2.24, 2.45) is 0 Å². The van der Waals surface area contributed by atoms with Gasteiger partial charge in [-0.15, -0.1) is 11.3 Å². The Morgan fingerprint density at radius 3 is 2.29 bits per heavy atom. The molecule has 0 saturated heterocycles. The first kappa shape index (κ1) is 26.8. The van der Waals surface area contributed by atoms with Crippen molar-refractivity contribution in [2.75, 3.05) is 25.1 Å². The Balaban J connectivity index is 1.74. The van der Waals surface area contributed by atoms with Gasteiger partial charge in [0.05, 0.1) is 30.7 Å². The molecule has 3 rings (SSSR count). The monoisotopic (exact) mass is 515 g/mol. The Morgan fingerprint density at radius 2 is 1.63 bits per heavy atom. The lowest BCUT2D eigenvalue weighted by molar-refractivity contribution is -0.116. The first-order valence-electron chi connectivity index (χ1n) is 11.5. The van der Waals surface area contributed by atoms with Crippen LogP contribution in [0.4, 0.5) is 5.00 Å². The van der Waals surface area contributed by atoms with E-state index in [0.29, 0.717) is 22.3 Å². The van der Waals surface area contributed by atoms with E-state index in [1.165, 1.54) is 11.3 Å². The lowest BCUT2D eigenvalue weighted by atomic mass is 10.1. The van der Waals surface area contributed by atoms with E-state index in [2.05, 4.69) is 5.32 Å². The van der Waals surface area contributed by atoms with Crippen LogP contribution in [-0.4, -0.2) is 31.7 Å². The summed E-state index contributed by atoms with van der Waals surface area (Å²) < 4.78 is 29.1. The topological polar surface area (TPSA) is 90.9 Å². The zero-order valence-corrected chi connectivity index (χ0v) is 21.8. The van der Waals surface area contributed by atoms with E-state index in [9.17, 15) is 14.2 Å². The van der Waals surface area contributed by atoms with Crippen molar-refractivity contribution in [3.05, 3.63) is 71.8 Å². The molecule has 0 aliphatic rings. The van der Waals surface area contributed by atoms with Gasteiger partial charge < -0.3 is 19.1 Å². The summed E-state index contributed by atoms with van der Waals surface area (Å²) in [7, 11) is -3.40. The summed E-state index contributed by atoms with van der Waals surface area (Å²) in [5, 5.41) is 3.79. The summed E-state index contributed by atoms with van der Waals surface area (Å²) >= 11 is 1.33. The van der Waals surface area contributed by atoms with Gasteiger partial charge in [0.15, 0.2) is 0 Å². The Kier molecular flexibility index (Phi) is 9.81. The van der Waals surface area contributed by atoms with Crippen molar-refractivity contribution in [1.29, 1.82) is 0 Å². The van der Waals surface area contributed by atoms with Crippen LogP contribution in [0, 0.1) is 0 Å². The average Bonchev–Trinajstić information content (AvgIpc) is 3.28. The molecule has 0 spiro atoms. The molecule has 0 bridgehead atoms. The van der Waals surface area contributed by atoms with Crippen LogP contribution in [0.15, 0.2) is 60.7 Å². The predicted octanol–water partition coefficient (Wildman–Crippen LogP) is 6.05. The number of anilines is 1. The van der Waals surface area contributed by atoms with Crippen LogP contribution in [0.1, 0.15) is 43.1 Å². The number of ether oxygens (including phenoxy) is 1. The number of aryl methyl sites for hydroxylation is 1. The number of amides is 1. The fourth-order valence-electron chi connectivity index (χ4n) is 3.44. The summed E-state index contributed by atoms with van der Waals surface area (Å²) in [5.41, 5.74) is 2.12. The highest BCUT2D eigenvalue weighted by molar-refractivity contribution is 7.62. The molecule has 7 nitrogen and oxygen atoms in total.